The van der Waals surface area contributed by atoms with Crippen molar-refractivity contribution in [3.05, 3.63) is 28.9 Å². The first kappa shape index (κ1) is 11.3. The third-order valence-corrected chi connectivity index (χ3v) is 3.31. The molecule has 0 aliphatic rings. The number of halogens is 1. The predicted octanol–water partition coefficient (Wildman–Crippen LogP) is 2.34. The molecule has 0 saturated heterocycles. The second-order valence-electron chi connectivity index (χ2n) is 3.72. The van der Waals surface area contributed by atoms with Gasteiger partial charge in [-0.25, -0.2) is 0 Å². The van der Waals surface area contributed by atoms with Gasteiger partial charge in [-0.2, -0.15) is 0 Å². The van der Waals surface area contributed by atoms with E-state index in [1.807, 2.05) is 29.8 Å². The van der Waals surface area contributed by atoms with Gasteiger partial charge in [0.2, 0.25) is 0 Å². The zero-order valence-corrected chi connectivity index (χ0v) is 10.2. The Labute approximate surface area is 99.7 Å². The van der Waals surface area contributed by atoms with E-state index < -0.39 is 0 Å². The Bertz CT molecular complexity index is 519. The lowest BCUT2D eigenvalue weighted by molar-refractivity contribution is 0.419. The molecule has 1 aromatic heterocycles. The maximum absolute atomic E-state index is 6.30. The number of aryl methyl sites for hydroxylation is 1. The Morgan fingerprint density at radius 2 is 2.19 bits per heavy atom. The van der Waals surface area contributed by atoms with E-state index in [9.17, 15) is 0 Å². The molecule has 0 bridgehead atoms. The van der Waals surface area contributed by atoms with Gasteiger partial charge in [-0.05, 0) is 25.1 Å². The van der Waals surface area contributed by atoms with E-state index in [-0.39, 0.29) is 0 Å². The van der Waals surface area contributed by atoms with E-state index in [1.165, 1.54) is 0 Å². The van der Waals surface area contributed by atoms with Crippen LogP contribution in [0.3, 0.4) is 0 Å². The van der Waals surface area contributed by atoms with Gasteiger partial charge >= 0.3 is 0 Å². The van der Waals surface area contributed by atoms with Crippen molar-refractivity contribution in [2.75, 3.05) is 13.7 Å². The van der Waals surface area contributed by atoms with Crippen LogP contribution >= 0.6 is 11.6 Å². The van der Waals surface area contributed by atoms with Crippen LogP contribution in [0.1, 0.15) is 5.56 Å². The summed E-state index contributed by atoms with van der Waals surface area (Å²) in [5.41, 5.74) is 7.76. The summed E-state index contributed by atoms with van der Waals surface area (Å²) in [7, 11) is 3.62. The molecule has 86 valence electrons. The molecule has 2 aromatic rings. The molecule has 0 radical (unpaired) electrons. The lowest BCUT2D eigenvalue weighted by Gasteiger charge is -2.04. The molecular weight excluding hydrogens is 224 g/mol. The topological polar surface area (TPSA) is 40.2 Å². The zero-order chi connectivity index (χ0) is 11.7. The minimum Gasteiger partial charge on any atom is -0.496 e. The van der Waals surface area contributed by atoms with E-state index in [2.05, 4.69) is 0 Å². The average molecular weight is 239 g/mol. The first-order valence-electron chi connectivity index (χ1n) is 5.20. The van der Waals surface area contributed by atoms with E-state index in [0.717, 1.165) is 33.8 Å². The summed E-state index contributed by atoms with van der Waals surface area (Å²) in [4.78, 5) is 0. The van der Waals surface area contributed by atoms with E-state index in [1.54, 1.807) is 7.11 Å². The Morgan fingerprint density at radius 3 is 2.81 bits per heavy atom. The van der Waals surface area contributed by atoms with Gasteiger partial charge in [-0.1, -0.05) is 17.7 Å². The van der Waals surface area contributed by atoms with Crippen LogP contribution in [0.2, 0.25) is 5.15 Å². The summed E-state index contributed by atoms with van der Waals surface area (Å²) < 4.78 is 7.33. The number of ether oxygens (including phenoxy) is 1. The van der Waals surface area contributed by atoms with Gasteiger partial charge < -0.3 is 15.0 Å². The summed E-state index contributed by atoms with van der Waals surface area (Å²) in [6.45, 7) is 0.580. The Hall–Kier alpha value is -1.19. The quantitative estimate of drug-likeness (QED) is 0.892. The molecule has 0 atom stereocenters. The summed E-state index contributed by atoms with van der Waals surface area (Å²) in [5, 5.41) is 1.81. The molecular formula is C12H15ClN2O. The lowest BCUT2D eigenvalue weighted by Crippen LogP contribution is -2.03. The van der Waals surface area contributed by atoms with Crippen LogP contribution in [-0.4, -0.2) is 18.2 Å². The number of nitrogens with zero attached hydrogens (tertiary/aromatic N) is 1. The average Bonchev–Trinajstić information content (AvgIpc) is 2.55. The van der Waals surface area contributed by atoms with Crippen molar-refractivity contribution in [1.82, 2.24) is 4.57 Å². The minimum atomic E-state index is 0.580. The van der Waals surface area contributed by atoms with E-state index in [0.29, 0.717) is 6.54 Å². The lowest BCUT2D eigenvalue weighted by atomic mass is 10.1. The molecule has 2 N–H and O–H groups in total. The second kappa shape index (κ2) is 4.36. The molecule has 4 heteroatoms. The van der Waals surface area contributed by atoms with Crippen LogP contribution in [0.5, 0.6) is 5.75 Å². The third-order valence-electron chi connectivity index (χ3n) is 2.83. The van der Waals surface area contributed by atoms with Crippen molar-refractivity contribution in [2.45, 2.75) is 6.42 Å². The van der Waals surface area contributed by atoms with Crippen molar-refractivity contribution < 1.29 is 4.74 Å². The molecule has 0 unspecified atom stereocenters. The van der Waals surface area contributed by atoms with Gasteiger partial charge in [0.1, 0.15) is 10.9 Å². The van der Waals surface area contributed by atoms with Crippen molar-refractivity contribution >= 4 is 22.5 Å². The van der Waals surface area contributed by atoms with Gasteiger partial charge in [-0.15, -0.1) is 0 Å². The monoisotopic (exact) mass is 238 g/mol. The number of nitrogens with two attached hydrogens (primary N) is 1. The fourth-order valence-corrected chi connectivity index (χ4v) is 2.34. The highest BCUT2D eigenvalue weighted by atomic mass is 35.5. The predicted molar refractivity (Wildman–Crippen MR) is 67.2 cm³/mol. The third kappa shape index (κ3) is 1.56. The van der Waals surface area contributed by atoms with Crippen LogP contribution in [0, 0.1) is 0 Å². The fourth-order valence-electron chi connectivity index (χ4n) is 2.06. The van der Waals surface area contributed by atoms with E-state index >= 15 is 0 Å². The first-order valence-corrected chi connectivity index (χ1v) is 5.58. The maximum atomic E-state index is 6.30. The van der Waals surface area contributed by atoms with Crippen molar-refractivity contribution in [3.8, 4) is 5.75 Å². The maximum Gasteiger partial charge on any atom is 0.128 e. The van der Waals surface area contributed by atoms with Crippen molar-refractivity contribution in [3.63, 3.8) is 0 Å². The number of hydrogen-bond acceptors (Lipinski definition) is 2. The number of methoxy groups -OCH3 is 1. The van der Waals surface area contributed by atoms with Gasteiger partial charge in [0.05, 0.1) is 12.6 Å². The Morgan fingerprint density at radius 1 is 1.44 bits per heavy atom. The molecule has 1 aromatic carbocycles. The highest BCUT2D eigenvalue weighted by Gasteiger charge is 2.15. The SMILES string of the molecule is COc1cccc2c1c(CCN)c(Cl)n2C. The van der Waals surface area contributed by atoms with Crippen LogP contribution in [-0.2, 0) is 13.5 Å². The Kier molecular flexibility index (Phi) is 3.08. The highest BCUT2D eigenvalue weighted by Crippen LogP contribution is 2.35. The van der Waals surface area contributed by atoms with Gasteiger partial charge in [-0.3, -0.25) is 0 Å². The molecule has 0 saturated carbocycles. The molecule has 0 fully saturated rings. The smallest absolute Gasteiger partial charge is 0.128 e. The highest BCUT2D eigenvalue weighted by molar-refractivity contribution is 6.32. The molecule has 1 heterocycles. The van der Waals surface area contributed by atoms with Crippen molar-refractivity contribution in [2.24, 2.45) is 12.8 Å². The molecule has 0 aliphatic carbocycles. The summed E-state index contributed by atoms with van der Waals surface area (Å²) in [6.07, 6.45) is 0.760. The van der Waals surface area contributed by atoms with Crippen molar-refractivity contribution in [1.29, 1.82) is 0 Å². The second-order valence-corrected chi connectivity index (χ2v) is 4.08. The van der Waals surface area contributed by atoms with E-state index in [4.69, 9.17) is 22.1 Å². The number of hydrogen-bond donors (Lipinski definition) is 1. The molecule has 0 aliphatic heterocycles. The first-order chi connectivity index (χ1) is 7.70. The van der Waals surface area contributed by atoms with Crippen LogP contribution in [0.25, 0.3) is 10.9 Å². The van der Waals surface area contributed by atoms with Gasteiger partial charge in [0.25, 0.3) is 0 Å². The number of aromatic nitrogens is 1. The van der Waals surface area contributed by atoms with Crippen LogP contribution in [0.15, 0.2) is 18.2 Å². The molecule has 16 heavy (non-hydrogen) atoms. The largest absolute Gasteiger partial charge is 0.496 e. The Balaban J connectivity index is 2.80. The minimum absolute atomic E-state index is 0.580. The van der Waals surface area contributed by atoms with Gasteiger partial charge in [0, 0.05) is 18.0 Å². The summed E-state index contributed by atoms with van der Waals surface area (Å²) in [5.74, 6) is 0.850. The summed E-state index contributed by atoms with van der Waals surface area (Å²) in [6, 6.07) is 5.94. The molecule has 2 rings (SSSR count). The summed E-state index contributed by atoms with van der Waals surface area (Å²) >= 11 is 6.30. The van der Waals surface area contributed by atoms with Gasteiger partial charge in [0.15, 0.2) is 0 Å². The number of rotatable bonds is 3. The van der Waals surface area contributed by atoms with Crippen LogP contribution < -0.4 is 10.5 Å². The molecule has 3 nitrogen and oxygen atoms in total. The number of benzene rings is 1. The van der Waals surface area contributed by atoms with Crippen LogP contribution in [0.4, 0.5) is 0 Å². The zero-order valence-electron chi connectivity index (χ0n) is 9.46. The molecule has 0 spiro atoms. The normalized spacial score (nSPS) is 11.0. The number of fused-ring (bicyclic) bond motifs is 1. The fraction of sp³-hybridized carbons (Fsp3) is 0.333. The molecule has 0 amide bonds. The standard InChI is InChI=1S/C12H15ClN2O/c1-15-9-4-3-5-10(16-2)11(9)8(6-7-14)12(15)13/h3-5H,6-7,14H2,1-2H3.